The lowest BCUT2D eigenvalue weighted by Crippen LogP contribution is -2.51. The first-order valence-electron chi connectivity index (χ1n) is 11.1. The highest BCUT2D eigenvalue weighted by molar-refractivity contribution is 5.95. The van der Waals surface area contributed by atoms with Crippen molar-refractivity contribution < 1.29 is 14.4 Å². The van der Waals surface area contributed by atoms with Crippen molar-refractivity contribution in [1.82, 2.24) is 15.1 Å². The van der Waals surface area contributed by atoms with Crippen LogP contribution < -0.4 is 10.6 Å². The number of benzene rings is 1. The van der Waals surface area contributed by atoms with Crippen LogP contribution in [0.1, 0.15) is 56.3 Å². The molecule has 164 valence electrons. The Hall–Kier alpha value is -2.57. The fraction of sp³-hybridized carbons (Fsp3) is 0.609. The van der Waals surface area contributed by atoms with Crippen LogP contribution in [0.15, 0.2) is 24.3 Å². The Bertz CT molecular complexity index is 733. The molecule has 1 aromatic carbocycles. The van der Waals surface area contributed by atoms with Crippen LogP contribution in [0.25, 0.3) is 0 Å². The summed E-state index contributed by atoms with van der Waals surface area (Å²) in [7, 11) is 0. The van der Waals surface area contributed by atoms with Gasteiger partial charge in [-0.25, -0.2) is 4.79 Å². The molecule has 0 atom stereocenters. The topological polar surface area (TPSA) is 81.8 Å². The largest absolute Gasteiger partial charge is 0.352 e. The molecular formula is C23H34N4O3. The zero-order chi connectivity index (χ0) is 21.5. The molecule has 3 rings (SSSR count). The molecule has 1 heterocycles. The van der Waals surface area contributed by atoms with Crippen LogP contribution in [0.3, 0.4) is 0 Å². The highest BCUT2D eigenvalue weighted by atomic mass is 16.2. The molecule has 0 bridgehead atoms. The van der Waals surface area contributed by atoms with E-state index in [-0.39, 0.29) is 17.8 Å². The van der Waals surface area contributed by atoms with Gasteiger partial charge in [0.2, 0.25) is 5.91 Å². The molecule has 2 fully saturated rings. The Morgan fingerprint density at radius 3 is 2.17 bits per heavy atom. The summed E-state index contributed by atoms with van der Waals surface area (Å²) in [5.74, 6) is 1.06. The van der Waals surface area contributed by atoms with Gasteiger partial charge in [-0.1, -0.05) is 26.7 Å². The number of carbonyl (C=O) groups is 3. The van der Waals surface area contributed by atoms with Gasteiger partial charge in [-0.3, -0.25) is 9.59 Å². The number of nitrogens with one attached hydrogen (secondary N) is 2. The molecule has 1 saturated carbocycles. The highest BCUT2D eigenvalue weighted by Gasteiger charge is 2.26. The molecule has 1 saturated heterocycles. The van der Waals surface area contributed by atoms with E-state index in [0.29, 0.717) is 62.2 Å². The van der Waals surface area contributed by atoms with E-state index in [1.807, 2.05) is 18.7 Å². The Morgan fingerprint density at radius 1 is 0.967 bits per heavy atom. The van der Waals surface area contributed by atoms with Crippen molar-refractivity contribution in [2.75, 3.05) is 38.0 Å². The third-order valence-electron chi connectivity index (χ3n) is 5.93. The van der Waals surface area contributed by atoms with Crippen LogP contribution in [0.5, 0.6) is 0 Å². The Labute approximate surface area is 179 Å². The zero-order valence-corrected chi connectivity index (χ0v) is 18.2. The maximum Gasteiger partial charge on any atom is 0.321 e. The SMILES string of the molecule is CC(C)CNC(=O)c1ccc(NC(=O)N2CCN(C(=O)CC3CCCC3)CC2)cc1. The van der Waals surface area contributed by atoms with E-state index in [4.69, 9.17) is 0 Å². The summed E-state index contributed by atoms with van der Waals surface area (Å²) in [6.45, 7) is 6.98. The maximum atomic E-state index is 12.6. The van der Waals surface area contributed by atoms with Crippen LogP contribution in [-0.2, 0) is 4.79 Å². The van der Waals surface area contributed by atoms with E-state index in [1.54, 1.807) is 29.2 Å². The predicted octanol–water partition coefficient (Wildman–Crippen LogP) is 3.33. The van der Waals surface area contributed by atoms with Crippen molar-refractivity contribution in [2.24, 2.45) is 11.8 Å². The lowest BCUT2D eigenvalue weighted by atomic mass is 10.0. The van der Waals surface area contributed by atoms with Gasteiger partial charge < -0.3 is 20.4 Å². The quantitative estimate of drug-likeness (QED) is 0.749. The lowest BCUT2D eigenvalue weighted by Gasteiger charge is -2.35. The van der Waals surface area contributed by atoms with E-state index < -0.39 is 0 Å². The maximum absolute atomic E-state index is 12.6. The number of hydrogen-bond acceptors (Lipinski definition) is 3. The first-order chi connectivity index (χ1) is 14.4. The second-order valence-electron chi connectivity index (χ2n) is 8.83. The highest BCUT2D eigenvalue weighted by Crippen LogP contribution is 2.28. The van der Waals surface area contributed by atoms with Gasteiger partial charge >= 0.3 is 6.03 Å². The summed E-state index contributed by atoms with van der Waals surface area (Å²) in [6, 6.07) is 6.73. The summed E-state index contributed by atoms with van der Waals surface area (Å²) >= 11 is 0. The predicted molar refractivity (Wildman–Crippen MR) is 117 cm³/mol. The average Bonchev–Trinajstić information content (AvgIpc) is 3.25. The Morgan fingerprint density at radius 2 is 1.57 bits per heavy atom. The minimum absolute atomic E-state index is 0.111. The van der Waals surface area contributed by atoms with Crippen LogP contribution in [0.2, 0.25) is 0 Å². The van der Waals surface area contributed by atoms with Gasteiger partial charge in [-0.15, -0.1) is 0 Å². The Kier molecular flexibility index (Phi) is 7.71. The summed E-state index contributed by atoms with van der Waals surface area (Å²) in [5.41, 5.74) is 1.23. The van der Waals surface area contributed by atoms with Crippen LogP contribution in [0.4, 0.5) is 10.5 Å². The number of piperazine rings is 1. The normalized spacial score (nSPS) is 17.3. The third kappa shape index (κ3) is 6.21. The standard InChI is InChI=1S/C23H34N4O3/c1-17(2)16-24-22(29)19-7-9-20(10-8-19)25-23(30)27-13-11-26(12-14-27)21(28)15-18-5-3-4-6-18/h7-10,17-18H,3-6,11-16H2,1-2H3,(H,24,29)(H,25,30). The fourth-order valence-electron chi connectivity index (χ4n) is 4.06. The molecule has 7 heteroatoms. The van der Waals surface area contributed by atoms with E-state index in [0.717, 1.165) is 0 Å². The summed E-state index contributed by atoms with van der Waals surface area (Å²) < 4.78 is 0. The molecule has 30 heavy (non-hydrogen) atoms. The van der Waals surface area contributed by atoms with Gasteiger partial charge in [0.15, 0.2) is 0 Å². The van der Waals surface area contributed by atoms with Gasteiger partial charge in [0.05, 0.1) is 0 Å². The molecule has 2 aliphatic rings. The molecule has 0 unspecified atom stereocenters. The zero-order valence-electron chi connectivity index (χ0n) is 18.2. The minimum Gasteiger partial charge on any atom is -0.352 e. The molecule has 1 aliphatic heterocycles. The monoisotopic (exact) mass is 414 g/mol. The molecule has 1 aromatic rings. The summed E-state index contributed by atoms with van der Waals surface area (Å²) in [4.78, 5) is 40.7. The number of nitrogens with zero attached hydrogens (tertiary/aromatic N) is 2. The Balaban J connectivity index is 1.43. The lowest BCUT2D eigenvalue weighted by molar-refractivity contribution is -0.133. The van der Waals surface area contributed by atoms with Crippen molar-refractivity contribution in [3.8, 4) is 0 Å². The first-order valence-corrected chi connectivity index (χ1v) is 11.1. The van der Waals surface area contributed by atoms with E-state index >= 15 is 0 Å². The van der Waals surface area contributed by atoms with Gasteiger partial charge in [0, 0.05) is 50.4 Å². The number of hydrogen-bond donors (Lipinski definition) is 2. The molecule has 0 aromatic heterocycles. The van der Waals surface area contributed by atoms with Crippen molar-refractivity contribution in [3.63, 3.8) is 0 Å². The molecule has 0 spiro atoms. The van der Waals surface area contributed by atoms with Gasteiger partial charge in [-0.2, -0.15) is 0 Å². The average molecular weight is 415 g/mol. The number of amides is 4. The number of rotatable bonds is 6. The van der Waals surface area contributed by atoms with Crippen molar-refractivity contribution in [2.45, 2.75) is 46.0 Å². The van der Waals surface area contributed by atoms with Crippen LogP contribution >= 0.6 is 0 Å². The molecule has 7 nitrogen and oxygen atoms in total. The molecular weight excluding hydrogens is 380 g/mol. The molecule has 4 amide bonds. The second kappa shape index (κ2) is 10.5. The minimum atomic E-state index is -0.171. The van der Waals surface area contributed by atoms with Crippen molar-refractivity contribution in [3.05, 3.63) is 29.8 Å². The second-order valence-corrected chi connectivity index (χ2v) is 8.83. The number of urea groups is 1. The van der Waals surface area contributed by atoms with Crippen molar-refractivity contribution >= 4 is 23.5 Å². The fourth-order valence-corrected chi connectivity index (χ4v) is 4.06. The van der Waals surface area contributed by atoms with Gasteiger partial charge in [0.25, 0.3) is 5.91 Å². The van der Waals surface area contributed by atoms with Crippen LogP contribution in [0, 0.1) is 11.8 Å². The van der Waals surface area contributed by atoms with E-state index in [9.17, 15) is 14.4 Å². The third-order valence-corrected chi connectivity index (χ3v) is 5.93. The van der Waals surface area contributed by atoms with Crippen LogP contribution in [-0.4, -0.2) is 60.4 Å². The van der Waals surface area contributed by atoms with Gasteiger partial charge in [0.1, 0.15) is 0 Å². The number of carbonyl (C=O) groups excluding carboxylic acids is 3. The first kappa shape index (κ1) is 22.1. The van der Waals surface area contributed by atoms with E-state index in [2.05, 4.69) is 10.6 Å². The smallest absolute Gasteiger partial charge is 0.321 e. The molecule has 0 radical (unpaired) electrons. The molecule has 2 N–H and O–H groups in total. The summed E-state index contributed by atoms with van der Waals surface area (Å²) in [6.07, 6.45) is 5.49. The molecule has 1 aliphatic carbocycles. The summed E-state index contributed by atoms with van der Waals surface area (Å²) in [5, 5.41) is 5.76. The van der Waals surface area contributed by atoms with Gasteiger partial charge in [-0.05, 0) is 48.9 Å². The van der Waals surface area contributed by atoms with Crippen molar-refractivity contribution in [1.29, 1.82) is 0 Å². The van der Waals surface area contributed by atoms with E-state index in [1.165, 1.54) is 25.7 Å². The number of anilines is 1.